The molecule has 0 spiro atoms. The number of phenolic OH excluding ortho intramolecular Hbond substituents is 1. The molecule has 0 fully saturated rings. The predicted octanol–water partition coefficient (Wildman–Crippen LogP) is 1.96. The van der Waals surface area contributed by atoms with Crippen LogP contribution in [0.2, 0.25) is 5.02 Å². The topological polar surface area (TPSA) is 44.3 Å². The molecule has 0 radical (unpaired) electrons. The van der Waals surface area contributed by atoms with Crippen molar-refractivity contribution >= 4 is 34.6 Å². The smallest absolute Gasteiger partial charge is 0.170 e. The molecule has 1 rings (SSSR count). The molecule has 0 atom stereocenters. The van der Waals surface area contributed by atoms with E-state index in [2.05, 4.69) is 10.6 Å². The Labute approximate surface area is 86.7 Å². The molecule has 1 aromatic rings. The number of hydrogen-bond donors (Lipinski definition) is 3. The summed E-state index contributed by atoms with van der Waals surface area (Å²) in [6, 6.07) is 4.79. The molecule has 3 N–H and O–H groups in total. The SMILES string of the molecule is CNC(=S)Nc1ccc(O)c(Cl)c1. The van der Waals surface area contributed by atoms with Gasteiger partial charge in [-0.2, -0.15) is 0 Å². The summed E-state index contributed by atoms with van der Waals surface area (Å²) in [6.07, 6.45) is 0. The van der Waals surface area contributed by atoms with Crippen molar-refractivity contribution in [2.24, 2.45) is 0 Å². The first-order valence-corrected chi connectivity index (χ1v) is 4.39. The number of thiocarbonyl (C=S) groups is 1. The second-order valence-corrected chi connectivity index (χ2v) is 3.19. The van der Waals surface area contributed by atoms with Crippen molar-refractivity contribution in [3.63, 3.8) is 0 Å². The minimum atomic E-state index is 0.0580. The second-order valence-electron chi connectivity index (χ2n) is 2.37. The molecule has 0 saturated heterocycles. The zero-order valence-corrected chi connectivity index (χ0v) is 8.54. The number of hydrogen-bond acceptors (Lipinski definition) is 2. The van der Waals surface area contributed by atoms with Crippen LogP contribution in [0.3, 0.4) is 0 Å². The van der Waals surface area contributed by atoms with Gasteiger partial charge in [0, 0.05) is 12.7 Å². The normalized spacial score (nSPS) is 9.38. The standard InChI is InChI=1S/C8H9ClN2OS/c1-10-8(13)11-5-2-3-7(12)6(9)4-5/h2-4,12H,1H3,(H2,10,11,13). The van der Waals surface area contributed by atoms with E-state index in [4.69, 9.17) is 28.9 Å². The fourth-order valence-corrected chi connectivity index (χ4v) is 1.08. The maximum Gasteiger partial charge on any atom is 0.170 e. The van der Waals surface area contributed by atoms with E-state index < -0.39 is 0 Å². The molecule has 0 bridgehead atoms. The van der Waals surface area contributed by atoms with E-state index in [9.17, 15) is 0 Å². The van der Waals surface area contributed by atoms with E-state index in [1.165, 1.54) is 6.07 Å². The lowest BCUT2D eigenvalue weighted by atomic mass is 10.3. The van der Waals surface area contributed by atoms with Crippen LogP contribution < -0.4 is 10.6 Å². The second kappa shape index (κ2) is 4.30. The van der Waals surface area contributed by atoms with Gasteiger partial charge in [0.2, 0.25) is 0 Å². The molecule has 13 heavy (non-hydrogen) atoms. The van der Waals surface area contributed by atoms with Crippen molar-refractivity contribution in [1.82, 2.24) is 5.32 Å². The van der Waals surface area contributed by atoms with Gasteiger partial charge in [-0.15, -0.1) is 0 Å². The molecular weight excluding hydrogens is 208 g/mol. The van der Waals surface area contributed by atoms with E-state index in [1.807, 2.05) is 0 Å². The Hall–Kier alpha value is -1.00. The van der Waals surface area contributed by atoms with Crippen molar-refractivity contribution in [2.75, 3.05) is 12.4 Å². The number of halogens is 1. The highest BCUT2D eigenvalue weighted by Crippen LogP contribution is 2.25. The highest BCUT2D eigenvalue weighted by Gasteiger charge is 2.00. The van der Waals surface area contributed by atoms with Crippen LogP contribution >= 0.6 is 23.8 Å². The minimum absolute atomic E-state index is 0.0580. The van der Waals surface area contributed by atoms with Crippen LogP contribution in [0.25, 0.3) is 0 Å². The highest BCUT2D eigenvalue weighted by atomic mass is 35.5. The van der Waals surface area contributed by atoms with Gasteiger partial charge in [0.15, 0.2) is 5.11 Å². The Kier molecular flexibility index (Phi) is 3.33. The van der Waals surface area contributed by atoms with Crippen molar-refractivity contribution in [3.05, 3.63) is 23.2 Å². The number of rotatable bonds is 1. The Bertz CT molecular complexity index is 330. The van der Waals surface area contributed by atoms with Crippen molar-refractivity contribution < 1.29 is 5.11 Å². The molecular formula is C8H9ClN2OS. The van der Waals surface area contributed by atoms with E-state index in [0.717, 1.165) is 5.69 Å². The molecule has 70 valence electrons. The Morgan fingerprint density at radius 1 is 1.54 bits per heavy atom. The van der Waals surface area contributed by atoms with Crippen LogP contribution in [-0.2, 0) is 0 Å². The molecule has 0 aliphatic rings. The number of benzene rings is 1. The molecule has 0 heterocycles. The van der Waals surface area contributed by atoms with Crippen molar-refractivity contribution in [2.45, 2.75) is 0 Å². The Balaban J connectivity index is 2.79. The average molecular weight is 217 g/mol. The van der Waals surface area contributed by atoms with Crippen LogP contribution in [-0.4, -0.2) is 17.3 Å². The van der Waals surface area contributed by atoms with Crippen LogP contribution in [0.15, 0.2) is 18.2 Å². The van der Waals surface area contributed by atoms with Gasteiger partial charge in [0.05, 0.1) is 5.02 Å². The van der Waals surface area contributed by atoms with E-state index in [1.54, 1.807) is 19.2 Å². The summed E-state index contributed by atoms with van der Waals surface area (Å²) in [6.45, 7) is 0. The molecule has 0 aliphatic carbocycles. The lowest BCUT2D eigenvalue weighted by Crippen LogP contribution is -2.23. The molecule has 3 nitrogen and oxygen atoms in total. The third-order valence-corrected chi connectivity index (χ3v) is 2.04. The molecule has 0 aromatic heterocycles. The van der Waals surface area contributed by atoms with E-state index >= 15 is 0 Å². The summed E-state index contributed by atoms with van der Waals surface area (Å²) >= 11 is 10.6. The van der Waals surface area contributed by atoms with Gasteiger partial charge in [0.1, 0.15) is 5.75 Å². The van der Waals surface area contributed by atoms with Gasteiger partial charge >= 0.3 is 0 Å². The van der Waals surface area contributed by atoms with Gasteiger partial charge < -0.3 is 15.7 Å². The number of phenols is 1. The first kappa shape index (κ1) is 10.1. The van der Waals surface area contributed by atoms with Gasteiger partial charge in [0.25, 0.3) is 0 Å². The molecule has 0 aliphatic heterocycles. The number of aromatic hydroxyl groups is 1. The lowest BCUT2D eigenvalue weighted by Gasteiger charge is -2.07. The van der Waals surface area contributed by atoms with Gasteiger partial charge in [-0.3, -0.25) is 0 Å². The molecule has 0 unspecified atom stereocenters. The number of anilines is 1. The van der Waals surface area contributed by atoms with Crippen LogP contribution in [0, 0.1) is 0 Å². The third-order valence-electron chi connectivity index (χ3n) is 1.43. The minimum Gasteiger partial charge on any atom is -0.506 e. The third kappa shape index (κ3) is 2.75. The lowest BCUT2D eigenvalue weighted by molar-refractivity contribution is 0.475. The first-order chi connectivity index (χ1) is 6.13. The largest absolute Gasteiger partial charge is 0.506 e. The van der Waals surface area contributed by atoms with Crippen LogP contribution in [0.1, 0.15) is 0 Å². The molecule has 1 aromatic carbocycles. The zero-order chi connectivity index (χ0) is 9.84. The maximum absolute atomic E-state index is 9.13. The monoisotopic (exact) mass is 216 g/mol. The average Bonchev–Trinajstić information content (AvgIpc) is 2.11. The van der Waals surface area contributed by atoms with E-state index in [-0.39, 0.29) is 5.75 Å². The molecule has 0 saturated carbocycles. The zero-order valence-electron chi connectivity index (χ0n) is 6.97. The predicted molar refractivity (Wildman–Crippen MR) is 58.4 cm³/mol. The summed E-state index contributed by atoms with van der Waals surface area (Å²) in [5.41, 5.74) is 0.738. The molecule has 0 amide bonds. The molecule has 5 heteroatoms. The summed E-state index contributed by atoms with van der Waals surface area (Å²) in [4.78, 5) is 0. The van der Waals surface area contributed by atoms with Crippen molar-refractivity contribution in [3.8, 4) is 5.75 Å². The summed E-state index contributed by atoms with van der Waals surface area (Å²) in [5, 5.41) is 15.6. The van der Waals surface area contributed by atoms with Crippen LogP contribution in [0.5, 0.6) is 5.75 Å². The first-order valence-electron chi connectivity index (χ1n) is 3.60. The number of nitrogens with one attached hydrogen (secondary N) is 2. The van der Waals surface area contributed by atoms with Gasteiger partial charge in [-0.1, -0.05) is 11.6 Å². The quantitative estimate of drug-likeness (QED) is 0.496. The Morgan fingerprint density at radius 3 is 2.77 bits per heavy atom. The highest BCUT2D eigenvalue weighted by molar-refractivity contribution is 7.80. The van der Waals surface area contributed by atoms with Crippen LogP contribution in [0.4, 0.5) is 5.69 Å². The maximum atomic E-state index is 9.13. The summed E-state index contributed by atoms with van der Waals surface area (Å²) in [7, 11) is 1.72. The fraction of sp³-hybridized carbons (Fsp3) is 0.125. The Morgan fingerprint density at radius 2 is 2.23 bits per heavy atom. The van der Waals surface area contributed by atoms with Crippen molar-refractivity contribution in [1.29, 1.82) is 0 Å². The van der Waals surface area contributed by atoms with E-state index in [0.29, 0.717) is 10.1 Å². The fourth-order valence-electron chi connectivity index (χ4n) is 0.778. The summed E-state index contributed by atoms with van der Waals surface area (Å²) < 4.78 is 0. The summed E-state index contributed by atoms with van der Waals surface area (Å²) in [5.74, 6) is 0.0580. The van der Waals surface area contributed by atoms with Gasteiger partial charge in [-0.05, 0) is 30.4 Å². The van der Waals surface area contributed by atoms with Gasteiger partial charge in [-0.25, -0.2) is 0 Å².